The number of carbonyl (C=O) groups is 1. The van der Waals surface area contributed by atoms with Crippen LogP contribution in [0.1, 0.15) is 28.8 Å². The normalized spacial score (nSPS) is 17.6. The first kappa shape index (κ1) is 24.2. The molecule has 0 saturated carbocycles. The fourth-order valence-corrected chi connectivity index (χ4v) is 5.27. The summed E-state index contributed by atoms with van der Waals surface area (Å²) in [6.07, 6.45) is 10.3. The Morgan fingerprint density at radius 2 is 1.66 bits per heavy atom. The van der Waals surface area contributed by atoms with E-state index in [4.69, 9.17) is 4.98 Å². The van der Waals surface area contributed by atoms with E-state index in [-0.39, 0.29) is 5.91 Å². The third kappa shape index (κ3) is 4.52. The van der Waals surface area contributed by atoms with Crippen molar-refractivity contribution in [3.8, 4) is 0 Å². The van der Waals surface area contributed by atoms with Gasteiger partial charge in [-0.15, -0.1) is 0 Å². The number of hydrogen-bond donors (Lipinski definition) is 1. The van der Waals surface area contributed by atoms with Crippen molar-refractivity contribution in [3.05, 3.63) is 78.0 Å². The van der Waals surface area contributed by atoms with Crippen LogP contribution in [-0.4, -0.2) is 68.1 Å². The van der Waals surface area contributed by atoms with Crippen molar-refractivity contribution in [1.82, 2.24) is 14.9 Å². The highest BCUT2D eigenvalue weighted by Gasteiger charge is 2.29. The SMILES string of the molecule is CN1CCN(c2ccc(Nc3ncc4c(n3)N(C)c3ccc(C5=CCCC=C5)cc3C(=O)N4C)cc2)CC1. The predicted molar refractivity (Wildman–Crippen MR) is 155 cm³/mol. The van der Waals surface area contributed by atoms with Crippen LogP contribution in [0.5, 0.6) is 0 Å². The zero-order chi connectivity index (χ0) is 26.2. The first-order valence-electron chi connectivity index (χ1n) is 13.2. The standard InChI is InChI=1S/C30H33N7O/c1-34-15-17-37(18-16-34)24-12-10-23(11-13-24)32-30-31-20-27-28(33-30)35(2)26-14-9-22(21-7-5-4-6-8-21)19-25(26)29(38)36(27)3/h5,7-14,19-20H,4,6,15-18H2,1-3H3,(H,31,32,33). The van der Waals surface area contributed by atoms with Crippen molar-refractivity contribution in [3.63, 3.8) is 0 Å². The molecule has 1 aliphatic carbocycles. The molecule has 0 spiro atoms. The van der Waals surface area contributed by atoms with E-state index < -0.39 is 0 Å². The molecule has 1 N–H and O–H groups in total. The summed E-state index contributed by atoms with van der Waals surface area (Å²) in [5.41, 5.74) is 6.50. The van der Waals surface area contributed by atoms with Crippen LogP contribution in [0, 0.1) is 0 Å². The van der Waals surface area contributed by atoms with Gasteiger partial charge in [0.2, 0.25) is 5.95 Å². The molecule has 194 valence electrons. The number of likely N-dealkylation sites (N-methyl/N-ethyl adjacent to an activating group) is 1. The molecule has 2 aromatic carbocycles. The fraction of sp³-hybridized carbons (Fsp3) is 0.300. The van der Waals surface area contributed by atoms with Gasteiger partial charge in [0.15, 0.2) is 5.82 Å². The number of piperazine rings is 1. The number of aromatic nitrogens is 2. The molecule has 0 radical (unpaired) electrons. The van der Waals surface area contributed by atoms with E-state index in [2.05, 4.69) is 75.7 Å². The molecule has 3 aliphatic rings. The molecule has 3 heterocycles. The molecule has 1 amide bonds. The molecule has 8 nitrogen and oxygen atoms in total. The topological polar surface area (TPSA) is 67.8 Å². The monoisotopic (exact) mass is 507 g/mol. The second-order valence-electron chi connectivity index (χ2n) is 10.2. The Hall–Kier alpha value is -4.17. The molecule has 1 fully saturated rings. The quantitative estimate of drug-likeness (QED) is 0.529. The van der Waals surface area contributed by atoms with Gasteiger partial charge >= 0.3 is 0 Å². The highest BCUT2D eigenvalue weighted by Crippen LogP contribution is 2.39. The average Bonchev–Trinajstić information content (AvgIpc) is 3.03. The fourth-order valence-electron chi connectivity index (χ4n) is 5.27. The van der Waals surface area contributed by atoms with Crippen LogP contribution >= 0.6 is 0 Å². The highest BCUT2D eigenvalue weighted by molar-refractivity contribution is 6.13. The summed E-state index contributed by atoms with van der Waals surface area (Å²) >= 11 is 0. The Balaban J connectivity index is 1.26. The van der Waals surface area contributed by atoms with Gasteiger partial charge in [0.05, 0.1) is 17.4 Å². The Bertz CT molecular complexity index is 1420. The molecule has 8 heteroatoms. The minimum Gasteiger partial charge on any atom is -0.369 e. The van der Waals surface area contributed by atoms with E-state index >= 15 is 0 Å². The van der Waals surface area contributed by atoms with E-state index in [1.807, 2.05) is 24.1 Å². The van der Waals surface area contributed by atoms with Crippen molar-refractivity contribution in [1.29, 1.82) is 0 Å². The zero-order valence-corrected chi connectivity index (χ0v) is 22.2. The number of hydrogen-bond acceptors (Lipinski definition) is 7. The maximum Gasteiger partial charge on any atom is 0.260 e. The highest BCUT2D eigenvalue weighted by atomic mass is 16.2. The van der Waals surface area contributed by atoms with Crippen LogP contribution in [0.3, 0.4) is 0 Å². The number of amides is 1. The van der Waals surface area contributed by atoms with Crippen molar-refractivity contribution in [2.24, 2.45) is 0 Å². The number of allylic oxidation sites excluding steroid dienone is 4. The molecule has 38 heavy (non-hydrogen) atoms. The average molecular weight is 508 g/mol. The minimum absolute atomic E-state index is 0.0726. The Morgan fingerprint density at radius 1 is 0.868 bits per heavy atom. The zero-order valence-electron chi connectivity index (χ0n) is 22.2. The van der Waals surface area contributed by atoms with Crippen molar-refractivity contribution in [2.45, 2.75) is 12.8 Å². The lowest BCUT2D eigenvalue weighted by molar-refractivity contribution is 0.0994. The molecule has 0 unspecified atom stereocenters. The maximum absolute atomic E-state index is 13.5. The number of nitrogens with one attached hydrogen (secondary N) is 1. The van der Waals surface area contributed by atoms with E-state index in [1.54, 1.807) is 18.1 Å². The molecular weight excluding hydrogens is 474 g/mol. The number of fused-ring (bicyclic) bond motifs is 2. The predicted octanol–water partition coefficient (Wildman–Crippen LogP) is 5.06. The molecular formula is C30H33N7O. The van der Waals surface area contributed by atoms with Crippen LogP contribution in [0.2, 0.25) is 0 Å². The summed E-state index contributed by atoms with van der Waals surface area (Å²) in [5.74, 6) is 1.09. The number of carbonyl (C=O) groups excluding carboxylic acids is 1. The first-order valence-corrected chi connectivity index (χ1v) is 13.2. The summed E-state index contributed by atoms with van der Waals surface area (Å²) in [6.45, 7) is 4.22. The maximum atomic E-state index is 13.5. The van der Waals surface area contributed by atoms with E-state index in [0.29, 0.717) is 23.0 Å². The molecule has 1 aromatic heterocycles. The van der Waals surface area contributed by atoms with Gasteiger partial charge in [-0.1, -0.05) is 24.3 Å². The number of rotatable bonds is 4. The van der Waals surface area contributed by atoms with Crippen LogP contribution < -0.4 is 20.0 Å². The van der Waals surface area contributed by atoms with Crippen molar-refractivity contribution >= 4 is 46.0 Å². The van der Waals surface area contributed by atoms with Gasteiger partial charge in [-0.2, -0.15) is 4.98 Å². The van der Waals surface area contributed by atoms with Crippen molar-refractivity contribution in [2.75, 3.05) is 67.3 Å². The summed E-state index contributed by atoms with van der Waals surface area (Å²) in [4.78, 5) is 31.3. The summed E-state index contributed by atoms with van der Waals surface area (Å²) in [6, 6.07) is 14.5. The molecule has 3 aromatic rings. The smallest absolute Gasteiger partial charge is 0.260 e. The largest absolute Gasteiger partial charge is 0.369 e. The first-order chi connectivity index (χ1) is 18.5. The molecule has 1 saturated heterocycles. The van der Waals surface area contributed by atoms with Gasteiger partial charge in [0, 0.05) is 51.6 Å². The number of benzene rings is 2. The molecule has 0 bridgehead atoms. The molecule has 6 rings (SSSR count). The van der Waals surface area contributed by atoms with E-state index in [0.717, 1.165) is 61.5 Å². The number of nitrogens with zero attached hydrogens (tertiary/aromatic N) is 6. The summed E-state index contributed by atoms with van der Waals surface area (Å²) < 4.78 is 0. The lowest BCUT2D eigenvalue weighted by Gasteiger charge is -2.34. The van der Waals surface area contributed by atoms with Crippen molar-refractivity contribution < 1.29 is 4.79 Å². The Morgan fingerprint density at radius 3 is 2.39 bits per heavy atom. The van der Waals surface area contributed by atoms with Crippen LogP contribution in [0.25, 0.3) is 5.57 Å². The Kier molecular flexibility index (Phi) is 6.33. The number of anilines is 6. The molecule has 0 atom stereocenters. The lowest BCUT2D eigenvalue weighted by Crippen LogP contribution is -2.44. The van der Waals surface area contributed by atoms with E-state index in [1.165, 1.54) is 5.69 Å². The Labute approximate surface area is 223 Å². The minimum atomic E-state index is -0.0726. The second-order valence-corrected chi connectivity index (χ2v) is 10.2. The van der Waals surface area contributed by atoms with Gasteiger partial charge in [-0.25, -0.2) is 4.98 Å². The van der Waals surface area contributed by atoms with Gasteiger partial charge in [-0.05, 0) is 67.4 Å². The summed E-state index contributed by atoms with van der Waals surface area (Å²) in [5, 5.41) is 3.34. The summed E-state index contributed by atoms with van der Waals surface area (Å²) in [7, 11) is 5.90. The third-order valence-electron chi connectivity index (χ3n) is 7.64. The van der Waals surface area contributed by atoms with Gasteiger partial charge in [0.1, 0.15) is 5.69 Å². The van der Waals surface area contributed by atoms with Gasteiger partial charge in [-0.3, -0.25) is 4.79 Å². The third-order valence-corrected chi connectivity index (χ3v) is 7.64. The van der Waals surface area contributed by atoms with Crippen LogP contribution in [0.15, 0.2) is 66.9 Å². The van der Waals surface area contributed by atoms with Gasteiger partial charge in [0.25, 0.3) is 5.91 Å². The van der Waals surface area contributed by atoms with E-state index in [9.17, 15) is 4.79 Å². The van der Waals surface area contributed by atoms with Crippen LogP contribution in [0.4, 0.5) is 34.5 Å². The van der Waals surface area contributed by atoms with Crippen LogP contribution in [-0.2, 0) is 0 Å². The molecule has 2 aliphatic heterocycles. The second kappa shape index (κ2) is 9.95. The lowest BCUT2D eigenvalue weighted by atomic mass is 9.97. The van der Waals surface area contributed by atoms with Gasteiger partial charge < -0.3 is 24.9 Å².